The van der Waals surface area contributed by atoms with E-state index in [1.165, 1.54) is 15.4 Å². The monoisotopic (exact) mass is 330 g/mol. The minimum atomic E-state index is 0.590. The fourth-order valence-electron chi connectivity index (χ4n) is 1.62. The van der Waals surface area contributed by atoms with E-state index in [9.17, 15) is 0 Å². The third-order valence-corrected chi connectivity index (χ3v) is 5.32. The van der Waals surface area contributed by atoms with Gasteiger partial charge in [0.05, 0.1) is 10.6 Å². The lowest BCUT2D eigenvalue weighted by molar-refractivity contribution is 0.634. The van der Waals surface area contributed by atoms with Crippen molar-refractivity contribution < 1.29 is 0 Å². The van der Waals surface area contributed by atoms with Crippen LogP contribution < -0.4 is 5.73 Å². The lowest BCUT2D eigenvalue weighted by Crippen LogP contribution is -2.01. The highest BCUT2D eigenvalue weighted by atomic mass is 79.9. The first-order valence-corrected chi connectivity index (χ1v) is 8.02. The molecule has 92 valence electrons. The number of nitrogens with zero attached hydrogens (tertiary/aromatic N) is 1. The van der Waals surface area contributed by atoms with Gasteiger partial charge in [0.25, 0.3) is 0 Å². The van der Waals surface area contributed by atoms with Gasteiger partial charge in [-0.3, -0.25) is 0 Å². The zero-order valence-corrected chi connectivity index (χ0v) is 13.1. The zero-order chi connectivity index (χ0) is 12.4. The Balaban J connectivity index is 2.33. The molecule has 0 aliphatic heterocycles. The van der Waals surface area contributed by atoms with E-state index in [0.717, 1.165) is 15.9 Å². The molecule has 0 amide bonds. The number of hydrogen-bond donors (Lipinski definition) is 1. The lowest BCUT2D eigenvalue weighted by atomic mass is 10.1. The van der Waals surface area contributed by atoms with E-state index in [1.807, 2.05) is 0 Å². The van der Waals surface area contributed by atoms with E-state index in [2.05, 4.69) is 41.2 Å². The second-order valence-electron chi connectivity index (χ2n) is 4.32. The van der Waals surface area contributed by atoms with E-state index in [0.29, 0.717) is 12.5 Å². The number of rotatable bonds is 4. The molecule has 0 bridgehead atoms. The maximum atomic E-state index is 5.79. The molecule has 0 aromatic carbocycles. The third-order valence-electron chi connectivity index (χ3n) is 2.34. The molecule has 2 rings (SSSR count). The molecule has 2 aromatic heterocycles. The predicted octanol–water partition coefficient (Wildman–Crippen LogP) is 4.29. The molecule has 0 aliphatic rings. The maximum absolute atomic E-state index is 5.79. The van der Waals surface area contributed by atoms with Crippen molar-refractivity contribution in [2.24, 2.45) is 11.7 Å². The lowest BCUT2D eigenvalue weighted by Gasteiger charge is -2.02. The van der Waals surface area contributed by atoms with Crippen molar-refractivity contribution in [2.75, 3.05) is 0 Å². The summed E-state index contributed by atoms with van der Waals surface area (Å²) in [6, 6.07) is 2.11. The summed E-state index contributed by atoms with van der Waals surface area (Å²) in [5.74, 6) is 0.616. The summed E-state index contributed by atoms with van der Waals surface area (Å²) in [7, 11) is 0. The normalized spacial score (nSPS) is 11.4. The average Bonchev–Trinajstić information content (AvgIpc) is 2.83. The van der Waals surface area contributed by atoms with Gasteiger partial charge in [-0.25, -0.2) is 4.98 Å². The van der Waals surface area contributed by atoms with Crippen molar-refractivity contribution in [2.45, 2.75) is 26.8 Å². The first-order chi connectivity index (χ1) is 8.10. The van der Waals surface area contributed by atoms with Gasteiger partial charge in [-0.1, -0.05) is 13.8 Å². The minimum absolute atomic E-state index is 0.590. The average molecular weight is 331 g/mol. The number of nitrogens with two attached hydrogens (primary N) is 1. The van der Waals surface area contributed by atoms with Crippen LogP contribution in [0.3, 0.4) is 0 Å². The van der Waals surface area contributed by atoms with Crippen LogP contribution in [0.25, 0.3) is 9.88 Å². The van der Waals surface area contributed by atoms with E-state index in [1.54, 1.807) is 22.7 Å². The molecule has 2 nitrogen and oxygen atoms in total. The van der Waals surface area contributed by atoms with Crippen LogP contribution >= 0.6 is 38.6 Å². The molecule has 0 atom stereocenters. The topological polar surface area (TPSA) is 38.9 Å². The summed E-state index contributed by atoms with van der Waals surface area (Å²) in [5.41, 5.74) is 6.96. The molecule has 0 fully saturated rings. The molecule has 17 heavy (non-hydrogen) atoms. The van der Waals surface area contributed by atoms with E-state index >= 15 is 0 Å². The number of halogens is 1. The largest absolute Gasteiger partial charge is 0.326 e. The van der Waals surface area contributed by atoms with Gasteiger partial charge in [-0.15, -0.1) is 22.7 Å². The Bertz CT molecular complexity index is 502. The van der Waals surface area contributed by atoms with Crippen molar-refractivity contribution in [3.8, 4) is 9.88 Å². The van der Waals surface area contributed by atoms with Gasteiger partial charge in [-0.05, 0) is 34.3 Å². The Hall–Kier alpha value is -0.230. The van der Waals surface area contributed by atoms with Gasteiger partial charge in [0.15, 0.2) is 0 Å². The first-order valence-electron chi connectivity index (χ1n) is 5.53. The summed E-state index contributed by atoms with van der Waals surface area (Å²) in [6.07, 6.45) is 1.01. The molecule has 0 saturated carbocycles. The van der Waals surface area contributed by atoms with Gasteiger partial charge in [0.1, 0.15) is 5.01 Å². The standard InChI is InChI=1S/C12H15BrN2S2/c1-7(2)3-9-11(5-14)17-12(15-9)10-4-8(13)6-16-10/h4,6-7H,3,5,14H2,1-2H3. The summed E-state index contributed by atoms with van der Waals surface area (Å²) in [5, 5.41) is 3.18. The zero-order valence-electron chi connectivity index (χ0n) is 9.87. The Kier molecular flexibility index (Phi) is 4.36. The summed E-state index contributed by atoms with van der Waals surface area (Å²) in [6.45, 7) is 5.01. The Morgan fingerprint density at radius 3 is 2.76 bits per heavy atom. The van der Waals surface area contributed by atoms with Crippen molar-refractivity contribution in [3.63, 3.8) is 0 Å². The maximum Gasteiger partial charge on any atom is 0.133 e. The molecule has 0 spiro atoms. The second-order valence-corrected chi connectivity index (χ2v) is 7.23. The first kappa shape index (κ1) is 13.2. The van der Waals surface area contributed by atoms with Gasteiger partial charge in [0.2, 0.25) is 0 Å². The van der Waals surface area contributed by atoms with Crippen molar-refractivity contribution in [1.29, 1.82) is 0 Å². The number of hydrogen-bond acceptors (Lipinski definition) is 4. The molecule has 0 unspecified atom stereocenters. The van der Waals surface area contributed by atoms with Crippen molar-refractivity contribution in [3.05, 3.63) is 26.5 Å². The van der Waals surface area contributed by atoms with Crippen LogP contribution in [0.5, 0.6) is 0 Å². The van der Waals surface area contributed by atoms with Gasteiger partial charge >= 0.3 is 0 Å². The minimum Gasteiger partial charge on any atom is -0.326 e. The fraction of sp³-hybridized carbons (Fsp3) is 0.417. The van der Waals surface area contributed by atoms with Crippen LogP contribution in [0.4, 0.5) is 0 Å². The molecule has 2 N–H and O–H groups in total. The van der Waals surface area contributed by atoms with E-state index in [-0.39, 0.29) is 0 Å². The van der Waals surface area contributed by atoms with E-state index in [4.69, 9.17) is 10.7 Å². The molecule has 2 aromatic rings. The smallest absolute Gasteiger partial charge is 0.133 e. The highest BCUT2D eigenvalue weighted by Gasteiger charge is 2.13. The third kappa shape index (κ3) is 3.16. The highest BCUT2D eigenvalue weighted by molar-refractivity contribution is 9.10. The van der Waals surface area contributed by atoms with Crippen molar-refractivity contribution in [1.82, 2.24) is 4.98 Å². The summed E-state index contributed by atoms with van der Waals surface area (Å²) < 4.78 is 1.12. The van der Waals surface area contributed by atoms with Crippen molar-refractivity contribution >= 4 is 38.6 Å². The van der Waals surface area contributed by atoms with Gasteiger partial charge < -0.3 is 5.73 Å². The number of thiophene rings is 1. The fourth-order valence-corrected chi connectivity index (χ4v) is 4.08. The van der Waals surface area contributed by atoms with E-state index < -0.39 is 0 Å². The number of thiazole rings is 1. The van der Waals surface area contributed by atoms with Crippen LogP contribution in [-0.2, 0) is 13.0 Å². The Morgan fingerprint density at radius 1 is 1.47 bits per heavy atom. The summed E-state index contributed by atoms with van der Waals surface area (Å²) in [4.78, 5) is 7.17. The number of aromatic nitrogens is 1. The Labute approximate surface area is 118 Å². The Morgan fingerprint density at radius 2 is 2.24 bits per heavy atom. The van der Waals surface area contributed by atoms with Crippen LogP contribution in [0, 0.1) is 5.92 Å². The van der Waals surface area contributed by atoms with Gasteiger partial charge in [0, 0.05) is 21.3 Å². The molecule has 2 heterocycles. The molecule has 0 radical (unpaired) electrons. The summed E-state index contributed by atoms with van der Waals surface area (Å²) >= 11 is 6.91. The molecule has 5 heteroatoms. The second kappa shape index (κ2) is 5.61. The molecule has 0 saturated heterocycles. The SMILES string of the molecule is CC(C)Cc1nc(-c2cc(Br)cs2)sc1CN. The van der Waals surface area contributed by atoms with Gasteiger partial charge in [-0.2, -0.15) is 0 Å². The molecular formula is C12H15BrN2S2. The van der Waals surface area contributed by atoms with Crippen LogP contribution in [-0.4, -0.2) is 4.98 Å². The molecule has 0 aliphatic carbocycles. The molecular weight excluding hydrogens is 316 g/mol. The van der Waals surface area contributed by atoms with Crippen LogP contribution in [0.2, 0.25) is 0 Å². The van der Waals surface area contributed by atoms with Crippen LogP contribution in [0.15, 0.2) is 15.9 Å². The quantitative estimate of drug-likeness (QED) is 0.908. The predicted molar refractivity (Wildman–Crippen MR) is 79.6 cm³/mol. The van der Waals surface area contributed by atoms with Crippen LogP contribution in [0.1, 0.15) is 24.4 Å². The highest BCUT2D eigenvalue weighted by Crippen LogP contribution is 2.34.